The molecule has 0 spiro atoms. The van der Waals surface area contributed by atoms with Crippen molar-refractivity contribution in [2.45, 2.75) is 6.92 Å². The topological polar surface area (TPSA) is 240 Å². The lowest BCUT2D eigenvalue weighted by molar-refractivity contribution is -0.996. The lowest BCUT2D eigenvalue weighted by Crippen LogP contribution is -3.00. The highest BCUT2D eigenvalue weighted by atomic mass is 16.8. The second-order valence-corrected chi connectivity index (χ2v) is 6.36. The van der Waals surface area contributed by atoms with E-state index in [9.17, 15) is 31.2 Å². The number of hydrazone groups is 2. The van der Waals surface area contributed by atoms with Crippen LogP contribution in [0.15, 0.2) is 58.8 Å². The highest BCUT2D eigenvalue weighted by Crippen LogP contribution is 2.21. The minimum absolute atomic E-state index is 0.0928. The molecule has 0 amide bonds. The summed E-state index contributed by atoms with van der Waals surface area (Å²) in [5, 5.41) is 83.6. The lowest BCUT2D eigenvalue weighted by Gasteiger charge is -2.18. The summed E-state index contributed by atoms with van der Waals surface area (Å²) in [4.78, 5) is 0. The average molecular weight is 466 g/mol. The molecule has 2 aromatic carbocycles. The number of hydrogen-bond acceptors (Lipinski definition) is 12. The van der Waals surface area contributed by atoms with Crippen LogP contribution < -0.4 is 31.8 Å². The smallest absolute Gasteiger partial charge is 0.195 e. The fourth-order valence-corrected chi connectivity index (χ4v) is 2.42. The molecular weight excluding hydrogens is 444 g/mol. The molecule has 0 aliphatic carbocycles. The second-order valence-electron chi connectivity index (χ2n) is 6.36. The van der Waals surface area contributed by atoms with E-state index < -0.39 is 20.9 Å². The van der Waals surface area contributed by atoms with Gasteiger partial charge in [-0.3, -0.25) is 10.9 Å². The van der Waals surface area contributed by atoms with Crippen molar-refractivity contribution >= 4 is 46.1 Å². The molecule has 2 rings (SSSR count). The largest absolute Gasteiger partial charge is 0.595 e. The summed E-state index contributed by atoms with van der Waals surface area (Å²) in [7, 11) is 0. The van der Waals surface area contributed by atoms with Crippen molar-refractivity contribution in [3.05, 3.63) is 69.4 Å². The Morgan fingerprint density at radius 3 is 1.73 bits per heavy atom. The van der Waals surface area contributed by atoms with E-state index in [-0.39, 0.29) is 34.1 Å². The van der Waals surface area contributed by atoms with Gasteiger partial charge < -0.3 is 20.8 Å². The molecule has 4 unspecified atom stereocenters. The van der Waals surface area contributed by atoms with Crippen LogP contribution in [0.5, 0.6) is 0 Å². The zero-order valence-electron chi connectivity index (χ0n) is 17.0. The highest BCUT2D eigenvalue weighted by molar-refractivity contribution is 5.96. The number of nitrogens with one attached hydrogen (secondary N) is 6. The van der Waals surface area contributed by atoms with Gasteiger partial charge in [-0.2, -0.15) is 31.1 Å². The van der Waals surface area contributed by atoms with E-state index in [1.165, 1.54) is 42.6 Å². The van der Waals surface area contributed by atoms with E-state index in [1.54, 1.807) is 6.92 Å². The van der Waals surface area contributed by atoms with Gasteiger partial charge in [0.2, 0.25) is 0 Å². The van der Waals surface area contributed by atoms with Crippen LogP contribution in [0.1, 0.15) is 6.92 Å². The quantitative estimate of drug-likeness (QED) is 0.133. The standard InChI is InChI=1S/C17H22N8O8/c1-11(19-21-15-7-5-13(23(28)29)10-17(15)25(32)33)3-2-8-18-20-14-6-4-12(22(26)27)9-16(14)24(30)31/h2-10,20-26,28,30,32H,1H3. The molecule has 0 radical (unpaired) electrons. The van der Waals surface area contributed by atoms with Gasteiger partial charge in [0.1, 0.15) is 11.4 Å². The monoisotopic (exact) mass is 466 g/mol. The van der Waals surface area contributed by atoms with Crippen molar-refractivity contribution in [2.24, 2.45) is 10.2 Å². The summed E-state index contributed by atoms with van der Waals surface area (Å²) in [6.07, 6.45) is 4.27. The van der Waals surface area contributed by atoms with Gasteiger partial charge in [0.25, 0.3) is 0 Å². The van der Waals surface area contributed by atoms with Crippen molar-refractivity contribution in [1.29, 1.82) is 0 Å². The second kappa shape index (κ2) is 12.0. The first-order chi connectivity index (χ1) is 15.6. The molecule has 0 aromatic heterocycles. The Hall–Kier alpha value is -3.36. The number of benzene rings is 2. The van der Waals surface area contributed by atoms with Crippen LogP contribution in [0.4, 0.5) is 34.1 Å². The predicted molar refractivity (Wildman–Crippen MR) is 114 cm³/mol. The summed E-state index contributed by atoms with van der Waals surface area (Å²) in [5.74, 6) is 0. The summed E-state index contributed by atoms with van der Waals surface area (Å²) in [6.45, 7) is 1.60. The number of hydrogen-bond donors (Lipinski definition) is 10. The molecule has 16 nitrogen and oxygen atoms in total. The molecule has 0 fully saturated rings. The van der Waals surface area contributed by atoms with Gasteiger partial charge in [-0.25, -0.2) is 20.8 Å². The molecule has 4 atom stereocenters. The number of anilines is 2. The molecule has 10 N–H and O–H groups in total. The van der Waals surface area contributed by atoms with E-state index in [4.69, 9.17) is 10.4 Å². The third-order valence-corrected chi connectivity index (χ3v) is 4.03. The van der Waals surface area contributed by atoms with E-state index in [2.05, 4.69) is 21.1 Å². The van der Waals surface area contributed by atoms with Crippen LogP contribution in [0, 0.1) is 20.8 Å². The van der Waals surface area contributed by atoms with Crippen molar-refractivity contribution in [3.63, 3.8) is 0 Å². The third-order valence-electron chi connectivity index (χ3n) is 4.03. The van der Waals surface area contributed by atoms with Crippen LogP contribution in [-0.2, 0) is 0 Å². The Kier molecular flexibility index (Phi) is 9.44. The van der Waals surface area contributed by atoms with Crippen LogP contribution in [0.25, 0.3) is 0 Å². The fraction of sp³-hybridized carbons (Fsp3) is 0.0588. The number of nitrogens with zero attached hydrogens (tertiary/aromatic N) is 2. The molecule has 0 saturated heterocycles. The first-order valence-corrected chi connectivity index (χ1v) is 9.07. The van der Waals surface area contributed by atoms with Crippen molar-refractivity contribution < 1.29 is 41.7 Å². The van der Waals surface area contributed by atoms with Gasteiger partial charge in [-0.15, -0.1) is 0 Å². The van der Waals surface area contributed by atoms with Crippen molar-refractivity contribution in [3.8, 4) is 0 Å². The maximum atomic E-state index is 11.3. The fourth-order valence-electron chi connectivity index (χ4n) is 2.42. The van der Waals surface area contributed by atoms with Crippen LogP contribution >= 0.6 is 0 Å². The molecule has 0 aliphatic heterocycles. The van der Waals surface area contributed by atoms with Crippen molar-refractivity contribution in [2.75, 3.05) is 10.9 Å². The minimum Gasteiger partial charge on any atom is -0.595 e. The Morgan fingerprint density at radius 1 is 0.788 bits per heavy atom. The van der Waals surface area contributed by atoms with Crippen molar-refractivity contribution in [1.82, 2.24) is 0 Å². The Bertz CT molecular complexity index is 1030. The zero-order valence-corrected chi connectivity index (χ0v) is 17.0. The molecule has 178 valence electrons. The Labute approximate surface area is 185 Å². The van der Waals surface area contributed by atoms with Gasteiger partial charge in [0.05, 0.1) is 17.8 Å². The van der Waals surface area contributed by atoms with Crippen LogP contribution in [0.2, 0.25) is 0 Å². The number of allylic oxidation sites excluding steroid dienone is 2. The number of rotatable bonds is 10. The third kappa shape index (κ3) is 7.62. The van der Waals surface area contributed by atoms with Crippen LogP contribution in [0.3, 0.4) is 0 Å². The van der Waals surface area contributed by atoms with E-state index >= 15 is 0 Å². The summed E-state index contributed by atoms with van der Waals surface area (Å²) >= 11 is 0. The summed E-state index contributed by atoms with van der Waals surface area (Å²) in [5.41, 5.74) is 4.79. The van der Waals surface area contributed by atoms with Gasteiger partial charge in [0, 0.05) is 18.3 Å². The normalized spacial score (nSPS) is 16.1. The molecule has 16 heteroatoms. The minimum atomic E-state index is -1.32. The predicted octanol–water partition coefficient (Wildman–Crippen LogP) is -2.26. The van der Waals surface area contributed by atoms with Gasteiger partial charge in [-0.1, -0.05) is 0 Å². The molecule has 0 heterocycles. The van der Waals surface area contributed by atoms with Crippen LogP contribution in [-0.4, -0.2) is 32.8 Å². The first kappa shape index (κ1) is 25.9. The Morgan fingerprint density at radius 2 is 1.27 bits per heavy atom. The Balaban J connectivity index is 2.02. The van der Waals surface area contributed by atoms with E-state index in [0.29, 0.717) is 5.71 Å². The van der Waals surface area contributed by atoms with Gasteiger partial charge in [0.15, 0.2) is 22.7 Å². The molecule has 33 heavy (non-hydrogen) atoms. The summed E-state index contributed by atoms with van der Waals surface area (Å²) < 4.78 is 0. The molecule has 0 bridgehead atoms. The molecule has 2 aromatic rings. The molecule has 0 saturated carbocycles. The number of quaternary nitrogens is 4. The van der Waals surface area contributed by atoms with E-state index in [0.717, 1.165) is 12.1 Å². The molecular formula is C17H22N8O8. The SMILES string of the molecule is CC(C=CC=NNc1ccc([NH+]([O-])O)cc1[NH+]([O-])O)=NNc1ccc([NH+]([O-])O)cc1[NH+]([O-])O. The maximum Gasteiger partial charge on any atom is 0.195 e. The van der Waals surface area contributed by atoms with Gasteiger partial charge in [-0.05, 0) is 31.2 Å². The highest BCUT2D eigenvalue weighted by Gasteiger charge is 2.14. The average Bonchev–Trinajstić information content (AvgIpc) is 2.76. The van der Waals surface area contributed by atoms with E-state index in [1.807, 2.05) is 0 Å². The molecule has 0 aliphatic rings. The van der Waals surface area contributed by atoms with Gasteiger partial charge >= 0.3 is 0 Å². The maximum absolute atomic E-state index is 11.3. The lowest BCUT2D eigenvalue weighted by atomic mass is 10.2. The zero-order chi connectivity index (χ0) is 24.5. The summed E-state index contributed by atoms with van der Waals surface area (Å²) in [6, 6.07) is 7.06. The first-order valence-electron chi connectivity index (χ1n) is 9.07.